The Kier molecular flexibility index (Phi) is 8.58. The fraction of sp³-hybridized carbons (Fsp3) is 1.00. The van der Waals surface area contributed by atoms with Crippen molar-refractivity contribution in [3.8, 4) is 0 Å². The van der Waals surface area contributed by atoms with E-state index in [0.29, 0.717) is 12.6 Å². The van der Waals surface area contributed by atoms with Gasteiger partial charge in [0.25, 0.3) is 0 Å². The number of hydrogen-bond acceptors (Lipinski definition) is 3. The summed E-state index contributed by atoms with van der Waals surface area (Å²) in [7, 11) is 0. The lowest BCUT2D eigenvalue weighted by molar-refractivity contribution is 0.0807. The van der Waals surface area contributed by atoms with E-state index < -0.39 is 5.60 Å². The molecule has 0 heterocycles. The lowest BCUT2D eigenvalue weighted by Crippen LogP contribution is -2.44. The van der Waals surface area contributed by atoms with Crippen LogP contribution < -0.4 is 5.32 Å². The quantitative estimate of drug-likeness (QED) is 0.642. The van der Waals surface area contributed by atoms with Crippen molar-refractivity contribution in [1.82, 2.24) is 5.32 Å². The topological polar surface area (TPSA) is 32.3 Å². The zero-order valence-electron chi connectivity index (χ0n) is 10.7. The molecule has 0 aliphatic rings. The molecular formula is C12H27NOS. The molecule has 0 amide bonds. The van der Waals surface area contributed by atoms with Gasteiger partial charge in [0.1, 0.15) is 0 Å². The molecule has 0 aromatic heterocycles. The van der Waals surface area contributed by atoms with Crippen LogP contribution in [0.4, 0.5) is 0 Å². The normalized spacial score (nSPS) is 17.4. The largest absolute Gasteiger partial charge is 0.388 e. The Morgan fingerprint density at radius 1 is 1.40 bits per heavy atom. The minimum absolute atomic E-state index is 0.568. The highest BCUT2D eigenvalue weighted by atomic mass is 32.2. The molecule has 2 nitrogen and oxygen atoms in total. The third kappa shape index (κ3) is 8.12. The van der Waals surface area contributed by atoms with E-state index in [1.165, 1.54) is 19.3 Å². The third-order valence-corrected chi connectivity index (χ3v) is 3.54. The van der Waals surface area contributed by atoms with Crippen molar-refractivity contribution in [1.29, 1.82) is 0 Å². The van der Waals surface area contributed by atoms with E-state index in [-0.39, 0.29) is 0 Å². The number of nitrogens with one attached hydrogen (secondary N) is 1. The fourth-order valence-corrected chi connectivity index (χ4v) is 2.35. The molecular weight excluding hydrogens is 206 g/mol. The van der Waals surface area contributed by atoms with Crippen molar-refractivity contribution in [3.05, 3.63) is 0 Å². The van der Waals surface area contributed by atoms with Gasteiger partial charge in [0.15, 0.2) is 0 Å². The SMILES string of the molecule is CCCCC(CC)NCC(C)(O)CSC. The maximum Gasteiger partial charge on any atom is 0.0833 e. The lowest BCUT2D eigenvalue weighted by atomic mass is 10.1. The molecule has 0 aliphatic heterocycles. The molecule has 0 rings (SSSR count). The standard InChI is InChI=1S/C12H27NOS/c1-5-7-8-11(6-2)13-9-12(3,14)10-15-4/h11,13-14H,5-10H2,1-4H3. The van der Waals surface area contributed by atoms with Gasteiger partial charge in [0, 0.05) is 18.3 Å². The van der Waals surface area contributed by atoms with Crippen LogP contribution in [0.3, 0.4) is 0 Å². The number of hydrogen-bond donors (Lipinski definition) is 2. The first-order chi connectivity index (χ1) is 7.05. The smallest absolute Gasteiger partial charge is 0.0833 e. The van der Waals surface area contributed by atoms with E-state index in [2.05, 4.69) is 19.2 Å². The van der Waals surface area contributed by atoms with Crippen molar-refractivity contribution in [2.45, 2.75) is 58.1 Å². The Morgan fingerprint density at radius 2 is 2.07 bits per heavy atom. The summed E-state index contributed by atoms with van der Waals surface area (Å²) in [6.07, 6.45) is 6.93. The summed E-state index contributed by atoms with van der Waals surface area (Å²) < 4.78 is 0. The molecule has 0 aliphatic carbocycles. The molecule has 0 aromatic carbocycles. The minimum atomic E-state index is -0.570. The highest BCUT2D eigenvalue weighted by molar-refractivity contribution is 7.98. The van der Waals surface area contributed by atoms with E-state index in [0.717, 1.165) is 12.2 Å². The Bertz CT molecular complexity index is 151. The van der Waals surface area contributed by atoms with Crippen molar-refractivity contribution in [3.63, 3.8) is 0 Å². The highest BCUT2D eigenvalue weighted by Crippen LogP contribution is 2.11. The lowest BCUT2D eigenvalue weighted by Gasteiger charge is -2.26. The highest BCUT2D eigenvalue weighted by Gasteiger charge is 2.20. The number of aliphatic hydroxyl groups is 1. The van der Waals surface area contributed by atoms with Crippen molar-refractivity contribution in [2.24, 2.45) is 0 Å². The van der Waals surface area contributed by atoms with E-state index in [9.17, 15) is 5.11 Å². The van der Waals surface area contributed by atoms with Crippen molar-refractivity contribution >= 4 is 11.8 Å². The van der Waals surface area contributed by atoms with Gasteiger partial charge in [-0.2, -0.15) is 11.8 Å². The maximum absolute atomic E-state index is 10.0. The van der Waals surface area contributed by atoms with Crippen LogP contribution in [0.15, 0.2) is 0 Å². The van der Waals surface area contributed by atoms with Crippen LogP contribution in [0, 0.1) is 0 Å². The summed E-state index contributed by atoms with van der Waals surface area (Å²) in [4.78, 5) is 0. The molecule has 3 heteroatoms. The second-order valence-corrected chi connectivity index (χ2v) is 5.42. The Labute approximate surface area is 99.2 Å². The zero-order valence-corrected chi connectivity index (χ0v) is 11.5. The summed E-state index contributed by atoms with van der Waals surface area (Å²) in [6.45, 7) is 7.03. The first-order valence-electron chi connectivity index (χ1n) is 6.00. The van der Waals surface area contributed by atoms with E-state index in [1.807, 2.05) is 13.2 Å². The first-order valence-corrected chi connectivity index (χ1v) is 7.39. The van der Waals surface area contributed by atoms with Crippen LogP contribution in [0.2, 0.25) is 0 Å². The fourth-order valence-electron chi connectivity index (χ4n) is 1.63. The summed E-state index contributed by atoms with van der Waals surface area (Å²) in [5, 5.41) is 13.5. The molecule has 0 saturated carbocycles. The summed E-state index contributed by atoms with van der Waals surface area (Å²) in [6, 6.07) is 0.568. The minimum Gasteiger partial charge on any atom is -0.388 e. The van der Waals surface area contributed by atoms with Gasteiger partial charge in [-0.1, -0.05) is 26.7 Å². The third-order valence-electron chi connectivity index (χ3n) is 2.63. The summed E-state index contributed by atoms with van der Waals surface area (Å²) >= 11 is 1.70. The average Bonchev–Trinajstić information content (AvgIpc) is 2.18. The maximum atomic E-state index is 10.0. The van der Waals surface area contributed by atoms with Crippen LogP contribution in [0.5, 0.6) is 0 Å². The molecule has 2 unspecified atom stereocenters. The van der Waals surface area contributed by atoms with Crippen molar-refractivity contribution < 1.29 is 5.11 Å². The summed E-state index contributed by atoms with van der Waals surface area (Å²) in [5.41, 5.74) is -0.570. The molecule has 0 fully saturated rings. The number of unbranched alkanes of at least 4 members (excludes halogenated alkanes) is 1. The van der Waals surface area contributed by atoms with E-state index in [4.69, 9.17) is 0 Å². The Balaban J connectivity index is 3.77. The summed E-state index contributed by atoms with van der Waals surface area (Å²) in [5.74, 6) is 0.796. The monoisotopic (exact) mass is 233 g/mol. The van der Waals surface area contributed by atoms with Crippen LogP contribution in [0.25, 0.3) is 0 Å². The van der Waals surface area contributed by atoms with Gasteiger partial charge in [-0.05, 0) is 26.0 Å². The molecule has 2 atom stereocenters. The Hall–Kier alpha value is 0.270. The predicted molar refractivity (Wildman–Crippen MR) is 70.6 cm³/mol. The van der Waals surface area contributed by atoms with Gasteiger partial charge >= 0.3 is 0 Å². The molecule has 0 aromatic rings. The molecule has 92 valence electrons. The first kappa shape index (κ1) is 15.3. The Morgan fingerprint density at radius 3 is 2.53 bits per heavy atom. The average molecular weight is 233 g/mol. The van der Waals surface area contributed by atoms with Gasteiger partial charge in [0.05, 0.1) is 5.60 Å². The van der Waals surface area contributed by atoms with Gasteiger partial charge in [-0.3, -0.25) is 0 Å². The van der Waals surface area contributed by atoms with Gasteiger partial charge < -0.3 is 10.4 Å². The number of rotatable bonds is 9. The van der Waals surface area contributed by atoms with Gasteiger partial charge in [-0.25, -0.2) is 0 Å². The molecule has 0 spiro atoms. The van der Waals surface area contributed by atoms with Crippen LogP contribution >= 0.6 is 11.8 Å². The van der Waals surface area contributed by atoms with Gasteiger partial charge in [-0.15, -0.1) is 0 Å². The van der Waals surface area contributed by atoms with Crippen LogP contribution in [-0.2, 0) is 0 Å². The van der Waals surface area contributed by atoms with Gasteiger partial charge in [0.2, 0.25) is 0 Å². The second kappa shape index (κ2) is 8.43. The number of thioether (sulfide) groups is 1. The molecule has 0 bridgehead atoms. The second-order valence-electron chi connectivity index (χ2n) is 4.56. The van der Waals surface area contributed by atoms with E-state index in [1.54, 1.807) is 11.8 Å². The van der Waals surface area contributed by atoms with E-state index >= 15 is 0 Å². The zero-order chi connectivity index (χ0) is 11.7. The molecule has 0 saturated heterocycles. The van der Waals surface area contributed by atoms with Crippen molar-refractivity contribution in [2.75, 3.05) is 18.6 Å². The predicted octanol–water partition coefficient (Wildman–Crippen LogP) is 2.66. The molecule has 2 N–H and O–H groups in total. The molecule has 15 heavy (non-hydrogen) atoms. The molecule has 0 radical (unpaired) electrons. The van der Waals surface area contributed by atoms with Crippen LogP contribution in [-0.4, -0.2) is 35.3 Å². The van der Waals surface area contributed by atoms with Crippen LogP contribution in [0.1, 0.15) is 46.5 Å².